The van der Waals surface area contributed by atoms with Crippen LogP contribution in [0.25, 0.3) is 22.0 Å². The minimum Gasteiger partial charge on any atom is -0.497 e. The van der Waals surface area contributed by atoms with Gasteiger partial charge in [0.1, 0.15) is 11.9 Å². The summed E-state index contributed by atoms with van der Waals surface area (Å²) in [5, 5.41) is 5.51. The van der Waals surface area contributed by atoms with Crippen molar-refractivity contribution in [2.75, 3.05) is 26.8 Å². The fourth-order valence-corrected chi connectivity index (χ4v) is 4.30. The molecular formula is C24H27N5O2. The van der Waals surface area contributed by atoms with Gasteiger partial charge in [-0.2, -0.15) is 5.10 Å². The molecule has 0 spiro atoms. The molecule has 1 aliphatic rings. The molecule has 1 aliphatic heterocycles. The molecule has 5 rings (SSSR count). The summed E-state index contributed by atoms with van der Waals surface area (Å²) in [5.41, 5.74) is 5.61. The summed E-state index contributed by atoms with van der Waals surface area (Å²) in [6.45, 7) is 3.33. The van der Waals surface area contributed by atoms with Crippen molar-refractivity contribution in [3.8, 4) is 16.9 Å². The number of pyridine rings is 1. The van der Waals surface area contributed by atoms with E-state index in [2.05, 4.69) is 52.1 Å². The van der Waals surface area contributed by atoms with E-state index in [0.29, 0.717) is 6.61 Å². The molecule has 7 heteroatoms. The fourth-order valence-electron chi connectivity index (χ4n) is 4.30. The fraction of sp³-hybridized carbons (Fsp3) is 0.333. The molecule has 4 heterocycles. The third-order valence-corrected chi connectivity index (χ3v) is 5.98. The van der Waals surface area contributed by atoms with E-state index >= 15 is 0 Å². The maximum absolute atomic E-state index is 6.06. The van der Waals surface area contributed by atoms with Gasteiger partial charge in [0, 0.05) is 74.9 Å². The van der Waals surface area contributed by atoms with E-state index in [9.17, 15) is 0 Å². The number of aryl methyl sites for hydroxylation is 2. The predicted molar refractivity (Wildman–Crippen MR) is 120 cm³/mol. The number of benzene rings is 1. The topological polar surface area (TPSA) is 57.3 Å². The summed E-state index contributed by atoms with van der Waals surface area (Å²) in [6, 6.07) is 10.4. The number of hydrogen-bond acceptors (Lipinski definition) is 5. The summed E-state index contributed by atoms with van der Waals surface area (Å²) >= 11 is 0. The molecule has 1 saturated heterocycles. The number of morpholine rings is 1. The number of ether oxygens (including phenoxy) is 2. The number of rotatable bonds is 5. The van der Waals surface area contributed by atoms with Gasteiger partial charge in [-0.1, -0.05) is 6.07 Å². The molecule has 0 N–H and O–H groups in total. The van der Waals surface area contributed by atoms with Crippen LogP contribution in [0.5, 0.6) is 5.75 Å². The lowest BCUT2D eigenvalue weighted by Gasteiger charge is -2.32. The van der Waals surface area contributed by atoms with Crippen LogP contribution in [0.2, 0.25) is 0 Å². The van der Waals surface area contributed by atoms with Gasteiger partial charge in [-0.15, -0.1) is 0 Å². The van der Waals surface area contributed by atoms with E-state index in [4.69, 9.17) is 14.5 Å². The zero-order valence-electron chi connectivity index (χ0n) is 18.2. The molecule has 0 saturated carbocycles. The number of nitrogens with zero attached hydrogens (tertiary/aromatic N) is 5. The molecule has 160 valence electrons. The molecule has 4 aromatic rings. The smallest absolute Gasteiger partial charge is 0.120 e. The van der Waals surface area contributed by atoms with Gasteiger partial charge in [0.25, 0.3) is 0 Å². The Morgan fingerprint density at radius 3 is 2.74 bits per heavy atom. The Balaban J connectivity index is 1.31. The van der Waals surface area contributed by atoms with Crippen LogP contribution in [-0.4, -0.2) is 51.0 Å². The van der Waals surface area contributed by atoms with Crippen molar-refractivity contribution >= 4 is 10.9 Å². The van der Waals surface area contributed by atoms with Crippen LogP contribution in [0, 0.1) is 0 Å². The molecule has 1 aromatic carbocycles. The quantitative estimate of drug-likeness (QED) is 0.497. The average Bonchev–Trinajstić information content (AvgIpc) is 3.37. The van der Waals surface area contributed by atoms with Gasteiger partial charge in [-0.25, -0.2) is 0 Å². The van der Waals surface area contributed by atoms with Gasteiger partial charge >= 0.3 is 0 Å². The van der Waals surface area contributed by atoms with E-state index in [1.54, 1.807) is 11.8 Å². The molecule has 0 amide bonds. The minimum atomic E-state index is -0.0215. The molecule has 0 unspecified atom stereocenters. The van der Waals surface area contributed by atoms with Crippen molar-refractivity contribution in [1.29, 1.82) is 0 Å². The maximum atomic E-state index is 6.06. The largest absolute Gasteiger partial charge is 0.497 e. The highest BCUT2D eigenvalue weighted by Crippen LogP contribution is 2.28. The third-order valence-electron chi connectivity index (χ3n) is 5.98. The van der Waals surface area contributed by atoms with Gasteiger partial charge in [-0.3, -0.25) is 14.6 Å². The number of aromatic nitrogens is 4. The molecular weight excluding hydrogens is 390 g/mol. The molecule has 0 aliphatic carbocycles. The van der Waals surface area contributed by atoms with Crippen LogP contribution in [0.3, 0.4) is 0 Å². The average molecular weight is 418 g/mol. The van der Waals surface area contributed by atoms with Crippen LogP contribution < -0.4 is 4.74 Å². The Labute approximate surface area is 181 Å². The predicted octanol–water partition coefficient (Wildman–Crippen LogP) is 3.56. The second-order valence-corrected chi connectivity index (χ2v) is 8.12. The summed E-state index contributed by atoms with van der Waals surface area (Å²) in [4.78, 5) is 7.14. The lowest BCUT2D eigenvalue weighted by molar-refractivity contribution is -0.0348. The van der Waals surface area contributed by atoms with Crippen molar-refractivity contribution < 1.29 is 9.47 Å². The van der Waals surface area contributed by atoms with E-state index in [-0.39, 0.29) is 6.10 Å². The molecule has 1 atom stereocenters. The SMILES string of the molecule is COc1ccc2c(CN3CCO[C@H](c4ccc(-c5cnn(C)c5)cn4)C3)cn(C)c2c1. The van der Waals surface area contributed by atoms with E-state index < -0.39 is 0 Å². The lowest BCUT2D eigenvalue weighted by atomic mass is 10.1. The highest BCUT2D eigenvalue weighted by molar-refractivity contribution is 5.85. The summed E-state index contributed by atoms with van der Waals surface area (Å²) in [6.07, 6.45) is 7.96. The van der Waals surface area contributed by atoms with Crippen molar-refractivity contribution in [3.63, 3.8) is 0 Å². The Bertz CT molecular complexity index is 1190. The van der Waals surface area contributed by atoms with Gasteiger partial charge in [0.2, 0.25) is 0 Å². The van der Waals surface area contributed by atoms with Crippen LogP contribution >= 0.6 is 0 Å². The zero-order valence-corrected chi connectivity index (χ0v) is 18.2. The van der Waals surface area contributed by atoms with Crippen molar-refractivity contribution in [3.05, 3.63) is 66.4 Å². The van der Waals surface area contributed by atoms with Crippen LogP contribution in [0.15, 0.2) is 55.1 Å². The van der Waals surface area contributed by atoms with Crippen LogP contribution in [0.4, 0.5) is 0 Å². The van der Waals surface area contributed by atoms with Crippen molar-refractivity contribution in [1.82, 2.24) is 24.2 Å². The first-order valence-electron chi connectivity index (χ1n) is 10.5. The van der Waals surface area contributed by atoms with Crippen LogP contribution in [-0.2, 0) is 25.4 Å². The Hall–Kier alpha value is -3.16. The van der Waals surface area contributed by atoms with Gasteiger partial charge in [-0.05, 0) is 23.8 Å². The molecule has 0 radical (unpaired) electrons. The molecule has 7 nitrogen and oxygen atoms in total. The summed E-state index contributed by atoms with van der Waals surface area (Å²) in [7, 11) is 5.71. The number of hydrogen-bond donors (Lipinski definition) is 0. The monoisotopic (exact) mass is 417 g/mol. The first kappa shape index (κ1) is 19.8. The molecule has 31 heavy (non-hydrogen) atoms. The molecule has 3 aromatic heterocycles. The highest BCUT2D eigenvalue weighted by atomic mass is 16.5. The lowest BCUT2D eigenvalue weighted by Crippen LogP contribution is -2.38. The highest BCUT2D eigenvalue weighted by Gasteiger charge is 2.24. The van der Waals surface area contributed by atoms with Crippen molar-refractivity contribution in [2.24, 2.45) is 14.1 Å². The van der Waals surface area contributed by atoms with Gasteiger partial charge < -0.3 is 14.0 Å². The summed E-state index contributed by atoms with van der Waals surface area (Å²) < 4.78 is 15.4. The number of fused-ring (bicyclic) bond motifs is 1. The molecule has 1 fully saturated rings. The zero-order chi connectivity index (χ0) is 21.4. The maximum Gasteiger partial charge on any atom is 0.120 e. The minimum absolute atomic E-state index is 0.0215. The van der Waals surface area contributed by atoms with E-state index in [1.807, 2.05) is 31.7 Å². The van der Waals surface area contributed by atoms with Gasteiger partial charge in [0.15, 0.2) is 0 Å². The third kappa shape index (κ3) is 3.94. The van der Waals surface area contributed by atoms with E-state index in [1.165, 1.54) is 16.5 Å². The Morgan fingerprint density at radius 2 is 2.00 bits per heavy atom. The first-order valence-corrected chi connectivity index (χ1v) is 10.5. The van der Waals surface area contributed by atoms with E-state index in [0.717, 1.165) is 42.2 Å². The molecule has 0 bridgehead atoms. The second-order valence-electron chi connectivity index (χ2n) is 8.12. The van der Waals surface area contributed by atoms with Crippen LogP contribution in [0.1, 0.15) is 17.4 Å². The second kappa shape index (κ2) is 8.17. The summed E-state index contributed by atoms with van der Waals surface area (Å²) in [5.74, 6) is 0.882. The Morgan fingerprint density at radius 1 is 1.10 bits per heavy atom. The normalized spacial score (nSPS) is 17.3. The van der Waals surface area contributed by atoms with Crippen molar-refractivity contribution in [2.45, 2.75) is 12.6 Å². The number of methoxy groups -OCH3 is 1. The standard InChI is InChI=1S/C24H27N5O2/c1-27-13-19(21-6-5-20(30-3)10-23(21)27)15-29-8-9-31-24(16-29)22-7-4-17(11-25-22)18-12-26-28(2)14-18/h4-7,10-14,24H,8-9,15-16H2,1-3H3/t24-/m0/s1. The first-order chi connectivity index (χ1) is 15.1. The van der Waals surface area contributed by atoms with Gasteiger partial charge in [0.05, 0.1) is 31.1 Å². The Kier molecular flexibility index (Phi) is 5.21.